The number of hydrogen-bond donors (Lipinski definition) is 0. The van der Waals surface area contributed by atoms with Gasteiger partial charge in [-0.3, -0.25) is 0 Å². The van der Waals surface area contributed by atoms with Crippen LogP contribution in [-0.2, 0) is 15.9 Å². The molecule has 0 N–H and O–H groups in total. The van der Waals surface area contributed by atoms with Gasteiger partial charge in [-0.1, -0.05) is 6.92 Å². The molecule has 2 rings (SSSR count). The van der Waals surface area contributed by atoms with Crippen molar-refractivity contribution in [1.29, 1.82) is 0 Å². The Hall–Kier alpha value is -0.100. The standard InChI is InChI=1S/C12H18ClNO2S2/c1-9-3-4-10(2)14(8-9)18(15,16)12-5-6-17-11(12)7-13/h5-6,9-10H,3-4,7-8H2,1-2H3. The van der Waals surface area contributed by atoms with Crippen LogP contribution in [0.5, 0.6) is 0 Å². The van der Waals surface area contributed by atoms with Gasteiger partial charge in [0.05, 0.1) is 10.8 Å². The fraction of sp³-hybridized carbons (Fsp3) is 0.667. The number of nitrogens with zero attached hydrogens (tertiary/aromatic N) is 1. The van der Waals surface area contributed by atoms with Crippen LogP contribution < -0.4 is 0 Å². The number of hydrogen-bond acceptors (Lipinski definition) is 3. The maximum absolute atomic E-state index is 12.7. The highest BCUT2D eigenvalue weighted by molar-refractivity contribution is 7.89. The van der Waals surface area contributed by atoms with Crippen molar-refractivity contribution in [2.75, 3.05) is 6.54 Å². The van der Waals surface area contributed by atoms with Gasteiger partial charge in [-0.05, 0) is 37.1 Å². The Morgan fingerprint density at radius 1 is 1.44 bits per heavy atom. The largest absolute Gasteiger partial charge is 0.244 e. The van der Waals surface area contributed by atoms with E-state index in [1.165, 1.54) is 11.3 Å². The van der Waals surface area contributed by atoms with E-state index in [1.54, 1.807) is 15.8 Å². The van der Waals surface area contributed by atoms with Crippen LogP contribution in [0, 0.1) is 5.92 Å². The van der Waals surface area contributed by atoms with Crippen molar-refractivity contribution >= 4 is 33.0 Å². The monoisotopic (exact) mass is 307 g/mol. The fourth-order valence-electron chi connectivity index (χ4n) is 2.37. The predicted molar refractivity (Wildman–Crippen MR) is 75.6 cm³/mol. The lowest BCUT2D eigenvalue weighted by molar-refractivity contribution is 0.218. The second-order valence-electron chi connectivity index (χ2n) is 4.95. The molecule has 0 aromatic carbocycles. The smallest absolute Gasteiger partial charge is 0.207 e. The number of rotatable bonds is 3. The van der Waals surface area contributed by atoms with Crippen LogP contribution in [-0.4, -0.2) is 25.3 Å². The van der Waals surface area contributed by atoms with E-state index in [9.17, 15) is 8.42 Å². The highest BCUT2D eigenvalue weighted by Gasteiger charge is 2.34. The second-order valence-corrected chi connectivity index (χ2v) is 8.07. The summed E-state index contributed by atoms with van der Waals surface area (Å²) in [5.74, 6) is 0.679. The molecule has 0 saturated carbocycles. The third-order valence-electron chi connectivity index (χ3n) is 3.47. The molecule has 102 valence electrons. The third kappa shape index (κ3) is 2.59. The van der Waals surface area contributed by atoms with Gasteiger partial charge in [0.1, 0.15) is 0 Å². The molecule has 0 amide bonds. The molecule has 2 heterocycles. The van der Waals surface area contributed by atoms with Crippen LogP contribution >= 0.6 is 22.9 Å². The van der Waals surface area contributed by atoms with Crippen LogP contribution in [0.3, 0.4) is 0 Å². The van der Waals surface area contributed by atoms with Crippen molar-refractivity contribution in [2.45, 2.75) is 43.5 Å². The van der Waals surface area contributed by atoms with Crippen LogP contribution in [0.4, 0.5) is 0 Å². The van der Waals surface area contributed by atoms with Crippen LogP contribution in [0.2, 0.25) is 0 Å². The molecule has 1 aromatic rings. The minimum atomic E-state index is -3.38. The normalized spacial score (nSPS) is 26.4. The van der Waals surface area contributed by atoms with E-state index in [4.69, 9.17) is 11.6 Å². The van der Waals surface area contributed by atoms with Crippen LogP contribution in [0.1, 0.15) is 31.6 Å². The average Bonchev–Trinajstić information content (AvgIpc) is 2.81. The SMILES string of the molecule is CC1CCC(C)N(S(=O)(=O)c2ccsc2CCl)C1. The first-order valence-electron chi connectivity index (χ1n) is 6.11. The molecule has 0 radical (unpaired) electrons. The van der Waals surface area contributed by atoms with E-state index in [0.717, 1.165) is 17.7 Å². The molecule has 1 aromatic heterocycles. The first-order chi connectivity index (χ1) is 8.46. The summed E-state index contributed by atoms with van der Waals surface area (Å²) in [5, 5.41) is 1.79. The summed E-state index contributed by atoms with van der Waals surface area (Å²) in [5.41, 5.74) is 0. The maximum Gasteiger partial charge on any atom is 0.244 e. The molecule has 0 spiro atoms. The molecule has 1 aliphatic rings. The Kier molecular flexibility index (Phi) is 4.36. The predicted octanol–water partition coefficient (Wildman–Crippen LogP) is 3.30. The van der Waals surface area contributed by atoms with Gasteiger partial charge in [-0.2, -0.15) is 4.31 Å². The quantitative estimate of drug-likeness (QED) is 0.804. The van der Waals surface area contributed by atoms with Crippen molar-refractivity contribution in [3.63, 3.8) is 0 Å². The van der Waals surface area contributed by atoms with Gasteiger partial charge in [0.25, 0.3) is 0 Å². The summed E-state index contributed by atoms with van der Waals surface area (Å²) in [4.78, 5) is 1.13. The first-order valence-corrected chi connectivity index (χ1v) is 8.96. The number of piperidine rings is 1. The molecule has 18 heavy (non-hydrogen) atoms. The Labute approximate surface area is 118 Å². The minimum absolute atomic E-state index is 0.0780. The van der Waals surface area contributed by atoms with Gasteiger partial charge in [0, 0.05) is 17.5 Å². The third-order valence-corrected chi connectivity index (χ3v) is 7.01. The van der Waals surface area contributed by atoms with E-state index < -0.39 is 10.0 Å². The van der Waals surface area contributed by atoms with Crippen molar-refractivity contribution in [3.8, 4) is 0 Å². The zero-order chi connectivity index (χ0) is 13.3. The lowest BCUT2D eigenvalue weighted by Gasteiger charge is -2.35. The van der Waals surface area contributed by atoms with Crippen molar-refractivity contribution in [3.05, 3.63) is 16.3 Å². The molecule has 1 fully saturated rings. The summed E-state index contributed by atoms with van der Waals surface area (Å²) in [6, 6.07) is 1.75. The average molecular weight is 308 g/mol. The van der Waals surface area contributed by atoms with E-state index in [2.05, 4.69) is 6.92 Å². The molecule has 0 bridgehead atoms. The number of sulfonamides is 1. The summed E-state index contributed by atoms with van der Waals surface area (Å²) in [6.07, 6.45) is 2.03. The molecule has 6 heteroatoms. The molecular weight excluding hydrogens is 290 g/mol. The first kappa shape index (κ1) is 14.3. The van der Waals surface area contributed by atoms with Gasteiger partial charge in [-0.15, -0.1) is 22.9 Å². The summed E-state index contributed by atoms with van der Waals surface area (Å²) in [6.45, 7) is 4.70. The molecule has 2 atom stereocenters. The number of alkyl halides is 1. The van der Waals surface area contributed by atoms with Gasteiger partial charge in [0.15, 0.2) is 0 Å². The molecule has 1 aliphatic heterocycles. The Balaban J connectivity index is 2.36. The van der Waals surface area contributed by atoms with Gasteiger partial charge >= 0.3 is 0 Å². The van der Waals surface area contributed by atoms with Crippen LogP contribution in [0.15, 0.2) is 16.3 Å². The second kappa shape index (κ2) is 5.49. The highest BCUT2D eigenvalue weighted by Crippen LogP contribution is 2.31. The summed E-state index contributed by atoms with van der Waals surface area (Å²) < 4.78 is 27.0. The lowest BCUT2D eigenvalue weighted by Crippen LogP contribution is -2.44. The molecule has 1 saturated heterocycles. The lowest BCUT2D eigenvalue weighted by atomic mass is 9.97. The molecular formula is C12H18ClNO2S2. The molecule has 2 unspecified atom stereocenters. The van der Waals surface area contributed by atoms with Crippen molar-refractivity contribution in [2.24, 2.45) is 5.92 Å². The van der Waals surface area contributed by atoms with Crippen molar-refractivity contribution < 1.29 is 8.42 Å². The summed E-state index contributed by atoms with van der Waals surface area (Å²) in [7, 11) is -3.38. The molecule has 3 nitrogen and oxygen atoms in total. The zero-order valence-electron chi connectivity index (χ0n) is 10.6. The van der Waals surface area contributed by atoms with E-state index in [1.807, 2.05) is 6.92 Å². The molecule has 0 aliphatic carbocycles. The van der Waals surface area contributed by atoms with Gasteiger partial charge in [0.2, 0.25) is 10.0 Å². The number of halogens is 1. The fourth-order valence-corrected chi connectivity index (χ4v) is 5.82. The Morgan fingerprint density at radius 2 is 2.17 bits per heavy atom. The zero-order valence-corrected chi connectivity index (χ0v) is 13.0. The van der Waals surface area contributed by atoms with Crippen LogP contribution in [0.25, 0.3) is 0 Å². The van der Waals surface area contributed by atoms with E-state index in [-0.39, 0.29) is 11.9 Å². The van der Waals surface area contributed by atoms with Gasteiger partial charge in [-0.25, -0.2) is 8.42 Å². The minimum Gasteiger partial charge on any atom is -0.207 e. The van der Waals surface area contributed by atoms with E-state index in [0.29, 0.717) is 17.4 Å². The van der Waals surface area contributed by atoms with E-state index >= 15 is 0 Å². The van der Waals surface area contributed by atoms with Gasteiger partial charge < -0.3 is 0 Å². The summed E-state index contributed by atoms with van der Waals surface area (Å²) >= 11 is 7.22. The Morgan fingerprint density at radius 3 is 2.83 bits per heavy atom. The van der Waals surface area contributed by atoms with Crippen molar-refractivity contribution in [1.82, 2.24) is 4.31 Å². The topological polar surface area (TPSA) is 37.4 Å². The highest BCUT2D eigenvalue weighted by atomic mass is 35.5. The Bertz CT molecular complexity index is 512. The maximum atomic E-state index is 12.7. The number of thiophene rings is 1.